The van der Waals surface area contributed by atoms with Gasteiger partial charge in [-0.05, 0) is 22.9 Å². The molecule has 21 heavy (non-hydrogen) atoms. The standard InChI is InChI=1S/C12H6F3N3O2S/c13-12(14,15)9-7(11(19)20)5-17-18(9)10-8-6(1-3-16-10)2-4-21-8/h1-5H,(H,19,20). The Hall–Kier alpha value is -2.42. The van der Waals surface area contributed by atoms with E-state index < -0.39 is 23.4 Å². The van der Waals surface area contributed by atoms with Crippen LogP contribution in [-0.2, 0) is 6.18 Å². The van der Waals surface area contributed by atoms with E-state index in [1.807, 2.05) is 0 Å². The molecule has 108 valence electrons. The number of pyridine rings is 1. The number of hydrogen-bond donors (Lipinski definition) is 1. The second-order valence-corrected chi connectivity index (χ2v) is 5.01. The average molecular weight is 313 g/mol. The fraction of sp³-hybridized carbons (Fsp3) is 0.0833. The van der Waals surface area contributed by atoms with Gasteiger partial charge in [0.15, 0.2) is 11.5 Å². The van der Waals surface area contributed by atoms with Gasteiger partial charge < -0.3 is 5.11 Å². The first-order valence-corrected chi connectivity index (χ1v) is 6.48. The highest BCUT2D eigenvalue weighted by Gasteiger charge is 2.41. The molecule has 3 aromatic heterocycles. The molecule has 0 aliphatic heterocycles. The van der Waals surface area contributed by atoms with Gasteiger partial charge in [0.1, 0.15) is 5.56 Å². The van der Waals surface area contributed by atoms with Gasteiger partial charge in [0.25, 0.3) is 0 Å². The first-order valence-electron chi connectivity index (χ1n) is 5.60. The van der Waals surface area contributed by atoms with Crippen LogP contribution in [0.3, 0.4) is 0 Å². The summed E-state index contributed by atoms with van der Waals surface area (Å²) in [5.41, 5.74) is -2.25. The number of thiophene rings is 1. The van der Waals surface area contributed by atoms with Crippen molar-refractivity contribution in [3.05, 3.63) is 41.2 Å². The van der Waals surface area contributed by atoms with E-state index in [9.17, 15) is 18.0 Å². The van der Waals surface area contributed by atoms with Gasteiger partial charge in [-0.1, -0.05) is 0 Å². The molecule has 0 atom stereocenters. The topological polar surface area (TPSA) is 68.0 Å². The summed E-state index contributed by atoms with van der Waals surface area (Å²) in [6.45, 7) is 0. The lowest BCUT2D eigenvalue weighted by atomic mass is 10.2. The molecule has 0 aliphatic rings. The van der Waals surface area contributed by atoms with Crippen LogP contribution in [0.2, 0.25) is 0 Å². The highest BCUT2D eigenvalue weighted by Crippen LogP contribution is 2.35. The Kier molecular flexibility index (Phi) is 2.94. The molecule has 0 aliphatic carbocycles. The van der Waals surface area contributed by atoms with Crippen molar-refractivity contribution < 1.29 is 23.1 Å². The van der Waals surface area contributed by atoms with Gasteiger partial charge in [-0.25, -0.2) is 14.5 Å². The van der Waals surface area contributed by atoms with Gasteiger partial charge >= 0.3 is 12.1 Å². The van der Waals surface area contributed by atoms with Gasteiger partial charge in [-0.3, -0.25) is 0 Å². The zero-order valence-corrected chi connectivity index (χ0v) is 10.9. The Bertz CT molecular complexity index is 838. The number of carboxylic acid groups (broad SMARTS) is 1. The van der Waals surface area contributed by atoms with Crippen molar-refractivity contribution in [2.75, 3.05) is 0 Å². The molecule has 0 bridgehead atoms. The fourth-order valence-electron chi connectivity index (χ4n) is 1.97. The molecule has 9 heteroatoms. The van der Waals surface area contributed by atoms with Gasteiger partial charge in [0, 0.05) is 6.20 Å². The van der Waals surface area contributed by atoms with Gasteiger partial charge in [-0.2, -0.15) is 18.3 Å². The summed E-state index contributed by atoms with van der Waals surface area (Å²) in [5.74, 6) is -1.73. The maximum atomic E-state index is 13.2. The Morgan fingerprint density at radius 2 is 2.10 bits per heavy atom. The van der Waals surface area contributed by atoms with Crippen LogP contribution in [-0.4, -0.2) is 25.8 Å². The largest absolute Gasteiger partial charge is 0.478 e. The third kappa shape index (κ3) is 2.15. The Labute approximate surface area is 119 Å². The molecule has 1 N–H and O–H groups in total. The van der Waals surface area contributed by atoms with E-state index in [0.717, 1.165) is 0 Å². The second kappa shape index (κ2) is 4.55. The number of carboxylic acids is 1. The quantitative estimate of drug-likeness (QED) is 0.789. The molecule has 5 nitrogen and oxygen atoms in total. The lowest BCUT2D eigenvalue weighted by Crippen LogP contribution is -2.18. The van der Waals surface area contributed by atoms with E-state index in [4.69, 9.17) is 5.11 Å². The maximum Gasteiger partial charge on any atom is 0.434 e. The van der Waals surface area contributed by atoms with Crippen molar-refractivity contribution in [3.63, 3.8) is 0 Å². The molecule has 0 fully saturated rings. The summed E-state index contributed by atoms with van der Waals surface area (Å²) in [4.78, 5) is 14.9. The normalized spacial score (nSPS) is 12.0. The van der Waals surface area contributed by atoms with Crippen LogP contribution in [0.5, 0.6) is 0 Å². The van der Waals surface area contributed by atoms with Crippen molar-refractivity contribution in [1.29, 1.82) is 0 Å². The first-order chi connectivity index (χ1) is 9.89. The lowest BCUT2D eigenvalue weighted by Gasteiger charge is -2.11. The predicted molar refractivity (Wildman–Crippen MR) is 68.7 cm³/mol. The molecule has 0 saturated carbocycles. The zero-order valence-electron chi connectivity index (χ0n) is 10.1. The molecular formula is C12H6F3N3O2S. The van der Waals surface area contributed by atoms with Crippen LogP contribution >= 0.6 is 11.3 Å². The van der Waals surface area contributed by atoms with E-state index >= 15 is 0 Å². The summed E-state index contributed by atoms with van der Waals surface area (Å²) < 4.78 is 40.5. The van der Waals surface area contributed by atoms with Crippen LogP contribution < -0.4 is 0 Å². The van der Waals surface area contributed by atoms with Crippen LogP contribution in [0, 0.1) is 0 Å². The minimum absolute atomic E-state index is 0.0395. The van der Waals surface area contributed by atoms with Crippen LogP contribution in [0.25, 0.3) is 15.9 Å². The highest BCUT2D eigenvalue weighted by atomic mass is 32.1. The molecule has 0 spiro atoms. The molecular weight excluding hydrogens is 307 g/mol. The number of aromatic carboxylic acids is 1. The minimum Gasteiger partial charge on any atom is -0.478 e. The van der Waals surface area contributed by atoms with E-state index in [0.29, 0.717) is 21.0 Å². The number of fused-ring (bicyclic) bond motifs is 1. The lowest BCUT2D eigenvalue weighted by molar-refractivity contribution is -0.143. The predicted octanol–water partition coefficient (Wildman–Crippen LogP) is 3.20. The number of alkyl halides is 3. The van der Waals surface area contributed by atoms with Crippen LogP contribution in [0.15, 0.2) is 29.9 Å². The summed E-state index contributed by atoms with van der Waals surface area (Å²) in [6, 6.07) is 3.39. The molecule has 3 rings (SSSR count). The number of hydrogen-bond acceptors (Lipinski definition) is 4. The second-order valence-electron chi connectivity index (χ2n) is 4.10. The molecule has 0 aromatic carbocycles. The molecule has 0 amide bonds. The molecule has 0 saturated heterocycles. The van der Waals surface area contributed by atoms with Crippen LogP contribution in [0.1, 0.15) is 16.1 Å². The number of aromatic nitrogens is 3. The van der Waals surface area contributed by atoms with Gasteiger partial charge in [0.05, 0.1) is 10.9 Å². The number of halogens is 3. The van der Waals surface area contributed by atoms with Gasteiger partial charge in [-0.15, -0.1) is 11.3 Å². The molecule has 0 unspecified atom stereocenters. The Morgan fingerprint density at radius 3 is 2.76 bits per heavy atom. The average Bonchev–Trinajstić information content (AvgIpc) is 3.04. The van der Waals surface area contributed by atoms with E-state index in [-0.39, 0.29) is 5.82 Å². The zero-order chi connectivity index (χ0) is 15.2. The molecule has 3 aromatic rings. The molecule has 0 radical (unpaired) electrons. The highest BCUT2D eigenvalue weighted by molar-refractivity contribution is 7.17. The summed E-state index contributed by atoms with van der Waals surface area (Å²) in [7, 11) is 0. The van der Waals surface area contributed by atoms with Crippen molar-refractivity contribution in [2.45, 2.75) is 6.18 Å². The Balaban J connectivity index is 2.33. The van der Waals surface area contributed by atoms with E-state index in [1.165, 1.54) is 17.5 Å². The van der Waals surface area contributed by atoms with Crippen molar-refractivity contribution in [1.82, 2.24) is 14.8 Å². The monoisotopic (exact) mass is 313 g/mol. The van der Waals surface area contributed by atoms with Crippen molar-refractivity contribution in [2.24, 2.45) is 0 Å². The smallest absolute Gasteiger partial charge is 0.434 e. The van der Waals surface area contributed by atoms with E-state index in [2.05, 4.69) is 10.1 Å². The maximum absolute atomic E-state index is 13.2. The third-order valence-corrected chi connectivity index (χ3v) is 3.74. The summed E-state index contributed by atoms with van der Waals surface area (Å²) in [6.07, 6.45) is -2.82. The van der Waals surface area contributed by atoms with E-state index in [1.54, 1.807) is 17.5 Å². The van der Waals surface area contributed by atoms with Crippen LogP contribution in [0.4, 0.5) is 13.2 Å². The first kappa shape index (κ1) is 13.6. The number of nitrogens with zero attached hydrogens (tertiary/aromatic N) is 3. The number of carbonyl (C=O) groups is 1. The summed E-state index contributed by atoms with van der Waals surface area (Å²) in [5, 5.41) is 14.9. The summed E-state index contributed by atoms with van der Waals surface area (Å²) >= 11 is 1.21. The SMILES string of the molecule is O=C(O)c1cnn(-c2nccc3ccsc23)c1C(F)(F)F. The van der Waals surface area contributed by atoms with Gasteiger partial charge in [0.2, 0.25) is 0 Å². The fourth-order valence-corrected chi connectivity index (χ4v) is 2.84. The minimum atomic E-state index is -4.86. The van der Waals surface area contributed by atoms with Crippen molar-refractivity contribution >= 4 is 27.4 Å². The third-order valence-electron chi connectivity index (χ3n) is 2.82. The number of rotatable bonds is 2. The Morgan fingerprint density at radius 1 is 1.33 bits per heavy atom. The van der Waals surface area contributed by atoms with Crippen molar-refractivity contribution in [3.8, 4) is 5.82 Å². The molecule has 3 heterocycles.